The van der Waals surface area contributed by atoms with Crippen molar-refractivity contribution in [1.82, 2.24) is 0 Å². The predicted molar refractivity (Wildman–Crippen MR) is 58.4 cm³/mol. The topological polar surface area (TPSA) is 83.5 Å². The zero-order valence-corrected chi connectivity index (χ0v) is 8.92. The summed E-state index contributed by atoms with van der Waals surface area (Å²) < 4.78 is 0. The Morgan fingerprint density at radius 1 is 1.33 bits per heavy atom. The van der Waals surface area contributed by atoms with Gasteiger partial charge in [-0.2, -0.15) is 0 Å². The van der Waals surface area contributed by atoms with Crippen LogP contribution in [0.4, 0.5) is 0 Å². The molecule has 0 aliphatic heterocycles. The summed E-state index contributed by atoms with van der Waals surface area (Å²) in [6.45, 7) is 2.87. The molecular formula is C11H17NO3. The zero-order valence-electron chi connectivity index (χ0n) is 8.92. The molecule has 0 spiro atoms. The standard InChI is InChI=1S/C9H13NO.C2H4O2/c1-7(10)9(11)8-5-3-2-4-6-8;1-2(3)4/h2-7,9,11H,10H2,1H3;1H3,(H,3,4). The monoisotopic (exact) mass is 211 g/mol. The number of rotatable bonds is 2. The Hall–Kier alpha value is -1.39. The number of carboxylic acid groups (broad SMARTS) is 1. The lowest BCUT2D eigenvalue weighted by atomic mass is 10.0. The van der Waals surface area contributed by atoms with E-state index in [1.807, 2.05) is 30.3 Å². The molecule has 0 fully saturated rings. The maximum atomic E-state index is 9.47. The first-order valence-electron chi connectivity index (χ1n) is 4.63. The predicted octanol–water partition coefficient (Wildman–Crippen LogP) is 1.16. The van der Waals surface area contributed by atoms with Gasteiger partial charge in [0, 0.05) is 13.0 Å². The van der Waals surface area contributed by atoms with Crippen molar-refractivity contribution in [1.29, 1.82) is 0 Å². The Bertz CT molecular complexity index is 281. The number of carboxylic acids is 1. The van der Waals surface area contributed by atoms with Crippen LogP contribution in [0.15, 0.2) is 30.3 Å². The second-order valence-corrected chi connectivity index (χ2v) is 3.23. The van der Waals surface area contributed by atoms with E-state index in [-0.39, 0.29) is 6.04 Å². The Kier molecular flexibility index (Phi) is 6.33. The average molecular weight is 211 g/mol. The van der Waals surface area contributed by atoms with Gasteiger partial charge in [0.25, 0.3) is 5.97 Å². The minimum atomic E-state index is -0.833. The molecule has 0 aromatic heterocycles. The lowest BCUT2D eigenvalue weighted by Gasteiger charge is -2.13. The normalized spacial score (nSPS) is 13.3. The maximum Gasteiger partial charge on any atom is 0.300 e. The van der Waals surface area contributed by atoms with Crippen LogP contribution in [-0.4, -0.2) is 22.2 Å². The summed E-state index contributed by atoms with van der Waals surface area (Å²) in [5, 5.41) is 16.9. The van der Waals surface area contributed by atoms with Gasteiger partial charge < -0.3 is 15.9 Å². The zero-order chi connectivity index (χ0) is 11.8. The van der Waals surface area contributed by atoms with Crippen LogP contribution in [0.5, 0.6) is 0 Å². The molecule has 4 heteroatoms. The number of aliphatic hydroxyl groups excluding tert-OH is 1. The van der Waals surface area contributed by atoms with Gasteiger partial charge in [-0.25, -0.2) is 0 Å². The second kappa shape index (κ2) is 6.98. The molecule has 1 aromatic rings. The third-order valence-electron chi connectivity index (χ3n) is 1.64. The maximum absolute atomic E-state index is 9.47. The molecule has 1 rings (SSSR count). The van der Waals surface area contributed by atoms with E-state index < -0.39 is 12.1 Å². The highest BCUT2D eigenvalue weighted by molar-refractivity contribution is 5.62. The number of benzene rings is 1. The first kappa shape index (κ1) is 13.6. The molecule has 0 amide bonds. The molecule has 4 N–H and O–H groups in total. The van der Waals surface area contributed by atoms with Gasteiger partial charge in [0.15, 0.2) is 0 Å². The summed E-state index contributed by atoms with van der Waals surface area (Å²) in [6, 6.07) is 9.22. The number of carbonyl (C=O) groups is 1. The Morgan fingerprint density at radius 2 is 1.73 bits per heavy atom. The van der Waals surface area contributed by atoms with Gasteiger partial charge >= 0.3 is 0 Å². The third-order valence-corrected chi connectivity index (χ3v) is 1.64. The van der Waals surface area contributed by atoms with Gasteiger partial charge in [-0.15, -0.1) is 0 Å². The molecule has 0 aliphatic carbocycles. The van der Waals surface area contributed by atoms with Crippen molar-refractivity contribution >= 4 is 5.97 Å². The van der Waals surface area contributed by atoms with Gasteiger partial charge in [0.05, 0.1) is 6.10 Å². The smallest absolute Gasteiger partial charge is 0.300 e. The summed E-state index contributed by atoms with van der Waals surface area (Å²) in [5.41, 5.74) is 6.40. The molecule has 2 unspecified atom stereocenters. The fraction of sp³-hybridized carbons (Fsp3) is 0.364. The van der Waals surface area contributed by atoms with Crippen molar-refractivity contribution in [2.75, 3.05) is 0 Å². The summed E-state index contributed by atoms with van der Waals surface area (Å²) in [6.07, 6.45) is -0.545. The molecule has 4 nitrogen and oxygen atoms in total. The van der Waals surface area contributed by atoms with Crippen molar-refractivity contribution in [3.63, 3.8) is 0 Å². The molecular weight excluding hydrogens is 194 g/mol. The Balaban J connectivity index is 0.000000423. The van der Waals surface area contributed by atoms with Gasteiger partial charge in [0.1, 0.15) is 0 Å². The number of aliphatic carboxylic acids is 1. The second-order valence-electron chi connectivity index (χ2n) is 3.23. The number of hydrogen-bond acceptors (Lipinski definition) is 3. The van der Waals surface area contributed by atoms with E-state index in [4.69, 9.17) is 15.6 Å². The minimum Gasteiger partial charge on any atom is -0.481 e. The van der Waals surface area contributed by atoms with Gasteiger partial charge in [-0.1, -0.05) is 30.3 Å². The third kappa shape index (κ3) is 6.65. The molecule has 0 bridgehead atoms. The lowest BCUT2D eigenvalue weighted by molar-refractivity contribution is -0.134. The molecule has 0 aliphatic rings. The highest BCUT2D eigenvalue weighted by atomic mass is 16.4. The van der Waals surface area contributed by atoms with Crippen LogP contribution in [0.1, 0.15) is 25.5 Å². The summed E-state index contributed by atoms with van der Waals surface area (Å²) >= 11 is 0. The minimum absolute atomic E-state index is 0.211. The van der Waals surface area contributed by atoms with Crippen LogP contribution in [0, 0.1) is 0 Å². The first-order valence-corrected chi connectivity index (χ1v) is 4.63. The van der Waals surface area contributed by atoms with Crippen LogP contribution in [0.3, 0.4) is 0 Å². The van der Waals surface area contributed by atoms with Crippen molar-refractivity contribution < 1.29 is 15.0 Å². The van der Waals surface area contributed by atoms with E-state index in [0.29, 0.717) is 0 Å². The highest BCUT2D eigenvalue weighted by Crippen LogP contribution is 2.13. The van der Waals surface area contributed by atoms with E-state index >= 15 is 0 Å². The molecule has 0 saturated heterocycles. The number of hydrogen-bond donors (Lipinski definition) is 3. The Morgan fingerprint density at radius 3 is 2.07 bits per heavy atom. The fourth-order valence-electron chi connectivity index (χ4n) is 0.954. The SMILES string of the molecule is CC(=O)O.CC(N)C(O)c1ccccc1. The molecule has 2 atom stereocenters. The fourth-order valence-corrected chi connectivity index (χ4v) is 0.954. The average Bonchev–Trinajstić information content (AvgIpc) is 2.17. The molecule has 0 heterocycles. The van der Waals surface area contributed by atoms with Crippen LogP contribution < -0.4 is 5.73 Å². The van der Waals surface area contributed by atoms with Gasteiger partial charge in [0.2, 0.25) is 0 Å². The number of aliphatic hydroxyl groups is 1. The molecule has 84 valence electrons. The van der Waals surface area contributed by atoms with Crippen LogP contribution >= 0.6 is 0 Å². The number of nitrogens with two attached hydrogens (primary N) is 1. The molecule has 15 heavy (non-hydrogen) atoms. The van der Waals surface area contributed by atoms with Crippen LogP contribution in [0.25, 0.3) is 0 Å². The molecule has 0 radical (unpaired) electrons. The van der Waals surface area contributed by atoms with E-state index in [0.717, 1.165) is 12.5 Å². The summed E-state index contributed by atoms with van der Waals surface area (Å²) in [4.78, 5) is 9.00. The highest BCUT2D eigenvalue weighted by Gasteiger charge is 2.10. The quantitative estimate of drug-likeness (QED) is 0.685. The van der Waals surface area contributed by atoms with Gasteiger partial charge in [-0.3, -0.25) is 4.79 Å². The lowest BCUT2D eigenvalue weighted by Crippen LogP contribution is -2.24. The van der Waals surface area contributed by atoms with Crippen LogP contribution in [0.2, 0.25) is 0 Å². The largest absolute Gasteiger partial charge is 0.481 e. The summed E-state index contributed by atoms with van der Waals surface area (Å²) in [7, 11) is 0. The summed E-state index contributed by atoms with van der Waals surface area (Å²) in [5.74, 6) is -0.833. The van der Waals surface area contributed by atoms with Crippen molar-refractivity contribution in [2.45, 2.75) is 26.0 Å². The Labute approximate surface area is 89.4 Å². The van der Waals surface area contributed by atoms with E-state index in [1.165, 1.54) is 0 Å². The molecule has 0 saturated carbocycles. The van der Waals surface area contributed by atoms with Gasteiger partial charge in [-0.05, 0) is 12.5 Å². The van der Waals surface area contributed by atoms with E-state index in [2.05, 4.69) is 0 Å². The first-order chi connectivity index (χ1) is 6.95. The van der Waals surface area contributed by atoms with E-state index in [1.54, 1.807) is 6.92 Å². The van der Waals surface area contributed by atoms with E-state index in [9.17, 15) is 5.11 Å². The van der Waals surface area contributed by atoms with Crippen molar-refractivity contribution in [3.05, 3.63) is 35.9 Å². The van der Waals surface area contributed by atoms with Crippen LogP contribution in [-0.2, 0) is 4.79 Å². The van der Waals surface area contributed by atoms with Crippen molar-refractivity contribution in [2.24, 2.45) is 5.73 Å². The molecule has 1 aromatic carbocycles. The van der Waals surface area contributed by atoms with Crippen molar-refractivity contribution in [3.8, 4) is 0 Å².